The number of benzene rings is 4. The predicted molar refractivity (Wildman–Crippen MR) is 213 cm³/mol. The lowest BCUT2D eigenvalue weighted by Crippen LogP contribution is -2.28. The Balaban J connectivity index is 1.20. The van der Waals surface area contributed by atoms with E-state index in [1.165, 1.54) is 55.5 Å². The van der Waals surface area contributed by atoms with E-state index in [0.29, 0.717) is 13.0 Å². The summed E-state index contributed by atoms with van der Waals surface area (Å²) in [5.41, 5.74) is 7.75. The van der Waals surface area contributed by atoms with Crippen LogP contribution in [0.1, 0.15) is 71.4 Å². The number of anilines is 1. The summed E-state index contributed by atoms with van der Waals surface area (Å²) in [6.45, 7) is 13.7. The minimum Gasteiger partial charge on any atom is -0.345 e. The zero-order valence-electron chi connectivity index (χ0n) is 30.3. The molecule has 4 heteroatoms. The van der Waals surface area contributed by atoms with Crippen LogP contribution in [0.5, 0.6) is 0 Å². The van der Waals surface area contributed by atoms with Crippen molar-refractivity contribution in [3.8, 4) is 12.3 Å². The van der Waals surface area contributed by atoms with Crippen molar-refractivity contribution < 1.29 is 9.37 Å². The van der Waals surface area contributed by atoms with E-state index in [1.807, 2.05) is 0 Å². The Hall–Kier alpha value is -5.14. The van der Waals surface area contributed by atoms with E-state index in [1.54, 1.807) is 0 Å². The average molecular weight is 661 g/mol. The van der Waals surface area contributed by atoms with E-state index in [4.69, 9.17) is 6.42 Å². The van der Waals surface area contributed by atoms with Gasteiger partial charge in [0.05, 0.1) is 12.0 Å². The number of carbonyl (C=O) groups excluding carboxylic acids is 1. The molecule has 50 heavy (non-hydrogen) atoms. The topological polar surface area (TPSA) is 35.4 Å². The largest absolute Gasteiger partial charge is 0.345 e. The van der Waals surface area contributed by atoms with Crippen LogP contribution in [0.3, 0.4) is 0 Å². The van der Waals surface area contributed by atoms with Gasteiger partial charge in [0.15, 0.2) is 5.71 Å². The Labute approximate surface area is 298 Å². The van der Waals surface area contributed by atoms with Crippen LogP contribution < -0.4 is 10.2 Å². The van der Waals surface area contributed by atoms with E-state index >= 15 is 0 Å². The Morgan fingerprint density at radius 1 is 0.800 bits per heavy atom. The van der Waals surface area contributed by atoms with Crippen molar-refractivity contribution in [2.75, 3.05) is 24.5 Å². The first-order valence-electron chi connectivity index (χ1n) is 18.1. The van der Waals surface area contributed by atoms with Crippen molar-refractivity contribution in [2.45, 2.75) is 71.1 Å². The molecule has 254 valence electrons. The standard InChI is InChI=1S/C46H49N3O/c1-7-32-47-42(50)27-15-12-20-33-49-39-31-29-35-22-17-19-24-37(35)44(39)46(5,6)41(49)26-14-11-9-10-13-25-40-45(3,4)43-36-23-18-16-21-34(36)28-30-38(43)48(40)8-2/h1,9-11,13-14,16-19,21-26,28-31H,8,12,15,20,27,32-33H2,2-6H3/p+1. The number of unbranched alkanes of at least 4 members (excludes halogenated alkanes) is 2. The van der Waals surface area contributed by atoms with Gasteiger partial charge in [-0.05, 0) is 78.9 Å². The Kier molecular flexibility index (Phi) is 10.3. The summed E-state index contributed by atoms with van der Waals surface area (Å²) in [5.74, 6) is 2.50. The Morgan fingerprint density at radius 2 is 1.46 bits per heavy atom. The van der Waals surface area contributed by atoms with E-state index < -0.39 is 0 Å². The van der Waals surface area contributed by atoms with Crippen LogP contribution in [0.4, 0.5) is 11.4 Å². The van der Waals surface area contributed by atoms with Gasteiger partial charge in [-0.25, -0.2) is 0 Å². The van der Waals surface area contributed by atoms with E-state index in [9.17, 15) is 4.79 Å². The number of hydrogen-bond acceptors (Lipinski definition) is 2. The van der Waals surface area contributed by atoms with Crippen LogP contribution in [-0.2, 0) is 15.6 Å². The summed E-state index contributed by atoms with van der Waals surface area (Å²) in [6.07, 6.45) is 23.9. The second-order valence-electron chi connectivity index (χ2n) is 14.4. The first-order chi connectivity index (χ1) is 24.2. The van der Waals surface area contributed by atoms with Gasteiger partial charge in [-0.1, -0.05) is 105 Å². The smallest absolute Gasteiger partial charge is 0.220 e. The zero-order chi connectivity index (χ0) is 35.3. The van der Waals surface area contributed by atoms with Gasteiger partial charge < -0.3 is 10.2 Å². The highest BCUT2D eigenvalue weighted by atomic mass is 16.1. The maximum absolute atomic E-state index is 12.0. The Bertz CT molecular complexity index is 2110. The van der Waals surface area contributed by atoms with E-state index in [2.05, 4.69) is 171 Å². The highest BCUT2D eigenvalue weighted by Crippen LogP contribution is 2.50. The summed E-state index contributed by atoms with van der Waals surface area (Å²) in [6, 6.07) is 26.5. The molecule has 0 aliphatic carbocycles. The summed E-state index contributed by atoms with van der Waals surface area (Å²) in [5, 5.41) is 7.98. The van der Waals surface area contributed by atoms with Crippen LogP contribution in [-0.4, -0.2) is 35.8 Å². The first-order valence-corrected chi connectivity index (χ1v) is 18.1. The molecule has 0 unspecified atom stereocenters. The molecular weight excluding hydrogens is 611 g/mol. The van der Waals surface area contributed by atoms with Crippen molar-refractivity contribution in [1.82, 2.24) is 5.32 Å². The van der Waals surface area contributed by atoms with Gasteiger partial charge in [-0.3, -0.25) is 4.79 Å². The molecule has 1 amide bonds. The fraction of sp³-hybridized carbons (Fsp3) is 0.304. The maximum Gasteiger partial charge on any atom is 0.220 e. The number of fused-ring (bicyclic) bond motifs is 6. The lowest BCUT2D eigenvalue weighted by Gasteiger charge is -2.26. The van der Waals surface area contributed by atoms with Gasteiger partial charge in [0.25, 0.3) is 0 Å². The highest BCUT2D eigenvalue weighted by Gasteiger charge is 2.45. The number of terminal acetylenes is 1. The quantitative estimate of drug-likeness (QED) is 0.0711. The monoisotopic (exact) mass is 660 g/mol. The molecule has 0 fully saturated rings. The molecule has 2 aliphatic rings. The molecule has 4 aromatic rings. The van der Waals surface area contributed by atoms with Crippen LogP contribution >= 0.6 is 0 Å². The first kappa shape index (κ1) is 34.7. The molecule has 2 aliphatic heterocycles. The molecule has 0 saturated heterocycles. The van der Waals surface area contributed by atoms with Gasteiger partial charge in [-0.2, -0.15) is 4.58 Å². The lowest BCUT2D eigenvalue weighted by atomic mass is 9.79. The fourth-order valence-electron chi connectivity index (χ4n) is 8.11. The number of allylic oxidation sites excluding steroid dienone is 8. The number of nitrogens with zero attached hydrogens (tertiary/aromatic N) is 2. The maximum atomic E-state index is 12.0. The van der Waals surface area contributed by atoms with Crippen molar-refractivity contribution in [1.29, 1.82) is 0 Å². The third-order valence-corrected chi connectivity index (χ3v) is 10.4. The molecule has 0 bridgehead atoms. The van der Waals surface area contributed by atoms with Gasteiger partial charge in [0.1, 0.15) is 6.54 Å². The SMILES string of the molecule is C#CCNC(=O)CCCCC[N+]1=C(C=CC=CC=CC=C2N(CC)c3ccc4ccccc4c3C2(C)C)C(C)(C)c2c1ccc1ccccc21. The molecule has 6 rings (SSSR count). The molecule has 0 spiro atoms. The number of hydrogen-bond donors (Lipinski definition) is 1. The summed E-state index contributed by atoms with van der Waals surface area (Å²) < 4.78 is 2.49. The van der Waals surface area contributed by atoms with Gasteiger partial charge in [0, 0.05) is 53.9 Å². The van der Waals surface area contributed by atoms with Crippen molar-refractivity contribution in [2.24, 2.45) is 0 Å². The lowest BCUT2D eigenvalue weighted by molar-refractivity contribution is -0.438. The fourth-order valence-corrected chi connectivity index (χ4v) is 8.11. The van der Waals surface area contributed by atoms with Crippen LogP contribution in [0.25, 0.3) is 21.5 Å². The van der Waals surface area contributed by atoms with Gasteiger partial charge in [-0.15, -0.1) is 6.42 Å². The number of nitrogens with one attached hydrogen (secondary N) is 1. The molecule has 0 atom stereocenters. The minimum atomic E-state index is -0.160. The molecule has 0 radical (unpaired) electrons. The van der Waals surface area contributed by atoms with Crippen LogP contribution in [0.2, 0.25) is 0 Å². The molecule has 0 aromatic heterocycles. The zero-order valence-corrected chi connectivity index (χ0v) is 30.3. The number of likely N-dealkylation sites (N-methyl/N-ethyl adjacent to an activating group) is 1. The highest BCUT2D eigenvalue weighted by molar-refractivity contribution is 6.07. The number of carbonyl (C=O) groups is 1. The second-order valence-corrected chi connectivity index (χ2v) is 14.4. The van der Waals surface area contributed by atoms with Crippen LogP contribution in [0, 0.1) is 12.3 Å². The molecule has 4 nitrogen and oxygen atoms in total. The van der Waals surface area contributed by atoms with E-state index in [-0.39, 0.29) is 16.7 Å². The Morgan fingerprint density at radius 3 is 2.18 bits per heavy atom. The van der Waals surface area contributed by atoms with Crippen LogP contribution in [0.15, 0.2) is 121 Å². The van der Waals surface area contributed by atoms with Crippen molar-refractivity contribution in [3.63, 3.8) is 0 Å². The van der Waals surface area contributed by atoms with Gasteiger partial charge >= 0.3 is 0 Å². The summed E-state index contributed by atoms with van der Waals surface area (Å²) in [4.78, 5) is 14.5. The van der Waals surface area contributed by atoms with Crippen molar-refractivity contribution >= 4 is 44.5 Å². The molecule has 1 N–H and O–H groups in total. The number of amides is 1. The third-order valence-electron chi connectivity index (χ3n) is 10.4. The summed E-state index contributed by atoms with van der Waals surface area (Å²) in [7, 11) is 0. The summed E-state index contributed by atoms with van der Waals surface area (Å²) >= 11 is 0. The number of rotatable bonds is 12. The third kappa shape index (κ3) is 6.58. The predicted octanol–water partition coefficient (Wildman–Crippen LogP) is 10.0. The second kappa shape index (κ2) is 14.8. The minimum absolute atomic E-state index is 0.0302. The molecular formula is C46H50N3O+. The van der Waals surface area contributed by atoms with Gasteiger partial charge in [0.2, 0.25) is 11.6 Å². The molecule has 0 saturated carbocycles. The van der Waals surface area contributed by atoms with Crippen molar-refractivity contribution in [3.05, 3.63) is 132 Å². The molecule has 4 aromatic carbocycles. The van der Waals surface area contributed by atoms with E-state index in [0.717, 1.165) is 32.4 Å². The normalized spacial score (nSPS) is 17.1. The molecule has 2 heterocycles. The average Bonchev–Trinajstić information content (AvgIpc) is 3.48.